The Labute approximate surface area is 158 Å². The van der Waals surface area contributed by atoms with Crippen LogP contribution in [0, 0.1) is 20.8 Å². The molecule has 1 heterocycles. The zero-order chi connectivity index (χ0) is 20.2. The van der Waals surface area contributed by atoms with Gasteiger partial charge in [0.1, 0.15) is 6.26 Å². The third kappa shape index (κ3) is 5.99. The van der Waals surface area contributed by atoms with Crippen LogP contribution in [0.15, 0.2) is 22.8 Å². The Morgan fingerprint density at radius 3 is 2.33 bits per heavy atom. The highest BCUT2D eigenvalue weighted by atomic mass is 19.4. The lowest BCUT2D eigenvalue weighted by atomic mass is 10.0. The summed E-state index contributed by atoms with van der Waals surface area (Å²) < 4.78 is 43.1. The number of rotatable bonds is 8. The molecular weight excluding hydrogens is 355 g/mol. The minimum atomic E-state index is -4.48. The highest BCUT2D eigenvalue weighted by molar-refractivity contribution is 5.58. The van der Waals surface area contributed by atoms with E-state index in [9.17, 15) is 13.2 Å². The largest absolute Gasteiger partial charge is 0.447 e. The molecule has 0 amide bonds. The fourth-order valence-corrected chi connectivity index (χ4v) is 3.34. The zero-order valence-electron chi connectivity index (χ0n) is 16.6. The van der Waals surface area contributed by atoms with E-state index in [1.807, 2.05) is 6.92 Å². The van der Waals surface area contributed by atoms with Gasteiger partial charge in [0.05, 0.1) is 6.54 Å². The Hall–Kier alpha value is -2.02. The number of alkyl halides is 3. The van der Waals surface area contributed by atoms with E-state index in [2.05, 4.69) is 55.0 Å². The first kappa shape index (κ1) is 21.3. The highest BCUT2D eigenvalue weighted by Gasteiger charge is 2.34. The maximum absolute atomic E-state index is 12.7. The highest BCUT2D eigenvalue weighted by Crippen LogP contribution is 2.28. The predicted molar refractivity (Wildman–Crippen MR) is 101 cm³/mol. The van der Waals surface area contributed by atoms with Gasteiger partial charge in [-0.1, -0.05) is 24.6 Å². The third-order valence-electron chi connectivity index (χ3n) is 4.34. The Kier molecular flexibility index (Phi) is 6.92. The normalized spacial score (nSPS) is 13.2. The number of nitrogens with zero attached hydrogens (tertiary/aromatic N) is 2. The standard InChI is InChI=1S/C20H28F3N3O/c1-6-7-26(11-18-25-17(12-27-18)20(21,22)23)10-16(5)24-19-14(3)8-13(2)9-15(19)4/h8-9,12,16,24H,6-7,10-11H2,1-5H3. The molecule has 0 aliphatic rings. The van der Waals surface area contributed by atoms with Gasteiger partial charge in [0.2, 0.25) is 5.89 Å². The number of hydrogen-bond acceptors (Lipinski definition) is 4. The summed E-state index contributed by atoms with van der Waals surface area (Å²) in [5, 5.41) is 3.54. The van der Waals surface area contributed by atoms with Gasteiger partial charge in [0.25, 0.3) is 0 Å². The van der Waals surface area contributed by atoms with Crippen molar-refractivity contribution >= 4 is 5.69 Å². The summed E-state index contributed by atoms with van der Waals surface area (Å²) in [6.45, 7) is 12.0. The average Bonchev–Trinajstić information content (AvgIpc) is 3.00. The molecule has 150 valence electrons. The van der Waals surface area contributed by atoms with Crippen molar-refractivity contribution in [3.8, 4) is 0 Å². The minimum absolute atomic E-state index is 0.0886. The maximum atomic E-state index is 12.7. The molecule has 7 heteroatoms. The molecule has 0 bridgehead atoms. The van der Waals surface area contributed by atoms with Crippen molar-refractivity contribution in [3.63, 3.8) is 0 Å². The van der Waals surface area contributed by atoms with Crippen molar-refractivity contribution in [3.05, 3.63) is 46.7 Å². The van der Waals surface area contributed by atoms with Gasteiger partial charge in [-0.15, -0.1) is 0 Å². The molecular formula is C20H28F3N3O. The number of anilines is 1. The molecule has 0 aliphatic carbocycles. The van der Waals surface area contributed by atoms with Crippen LogP contribution in [0.2, 0.25) is 0 Å². The fourth-order valence-electron chi connectivity index (χ4n) is 3.34. The van der Waals surface area contributed by atoms with Crippen molar-refractivity contribution in [2.24, 2.45) is 0 Å². The Morgan fingerprint density at radius 1 is 1.19 bits per heavy atom. The predicted octanol–water partition coefficient (Wildman–Crippen LogP) is 5.33. The van der Waals surface area contributed by atoms with Crippen LogP contribution in [-0.4, -0.2) is 29.0 Å². The van der Waals surface area contributed by atoms with Crippen molar-refractivity contribution in [2.45, 2.75) is 59.8 Å². The van der Waals surface area contributed by atoms with Gasteiger partial charge in [-0.25, -0.2) is 4.98 Å². The summed E-state index contributed by atoms with van der Waals surface area (Å²) >= 11 is 0. The molecule has 1 unspecified atom stereocenters. The van der Waals surface area contributed by atoms with Crippen LogP contribution in [0.5, 0.6) is 0 Å². The summed E-state index contributed by atoms with van der Waals surface area (Å²) in [6, 6.07) is 4.39. The lowest BCUT2D eigenvalue weighted by Gasteiger charge is -2.26. The minimum Gasteiger partial charge on any atom is -0.447 e. The van der Waals surface area contributed by atoms with Gasteiger partial charge in [0.15, 0.2) is 5.69 Å². The number of hydrogen-bond donors (Lipinski definition) is 1. The smallest absolute Gasteiger partial charge is 0.436 e. The molecule has 0 radical (unpaired) electrons. The summed E-state index contributed by atoms with van der Waals surface area (Å²) in [4.78, 5) is 5.64. The maximum Gasteiger partial charge on any atom is 0.436 e. The van der Waals surface area contributed by atoms with E-state index in [4.69, 9.17) is 4.42 Å². The van der Waals surface area contributed by atoms with Gasteiger partial charge in [-0.3, -0.25) is 4.90 Å². The van der Waals surface area contributed by atoms with E-state index in [1.165, 1.54) is 16.7 Å². The summed E-state index contributed by atoms with van der Waals surface area (Å²) in [5.41, 5.74) is 3.72. The first-order valence-corrected chi connectivity index (χ1v) is 9.18. The number of aromatic nitrogens is 1. The van der Waals surface area contributed by atoms with E-state index in [0.29, 0.717) is 12.8 Å². The monoisotopic (exact) mass is 383 g/mol. The van der Waals surface area contributed by atoms with Gasteiger partial charge in [-0.05, 0) is 51.8 Å². The van der Waals surface area contributed by atoms with E-state index < -0.39 is 11.9 Å². The number of halogens is 3. The molecule has 1 aromatic heterocycles. The van der Waals surface area contributed by atoms with Crippen molar-refractivity contribution in [1.29, 1.82) is 0 Å². The van der Waals surface area contributed by atoms with Crippen LogP contribution in [0.25, 0.3) is 0 Å². The molecule has 27 heavy (non-hydrogen) atoms. The van der Waals surface area contributed by atoms with Crippen LogP contribution >= 0.6 is 0 Å². The molecule has 0 aliphatic heterocycles. The fraction of sp³-hybridized carbons (Fsp3) is 0.550. The van der Waals surface area contributed by atoms with E-state index in [1.54, 1.807) is 0 Å². The second-order valence-corrected chi connectivity index (χ2v) is 7.18. The van der Waals surface area contributed by atoms with Crippen molar-refractivity contribution in [1.82, 2.24) is 9.88 Å². The zero-order valence-corrected chi connectivity index (χ0v) is 16.6. The summed E-state index contributed by atoms with van der Waals surface area (Å²) in [7, 11) is 0. The number of aryl methyl sites for hydroxylation is 3. The topological polar surface area (TPSA) is 41.3 Å². The number of oxazole rings is 1. The molecule has 0 spiro atoms. The van der Waals surface area contributed by atoms with E-state index in [-0.39, 0.29) is 18.5 Å². The Balaban J connectivity index is 2.04. The lowest BCUT2D eigenvalue weighted by Crippen LogP contribution is -2.35. The molecule has 0 saturated carbocycles. The van der Waals surface area contributed by atoms with E-state index in [0.717, 1.165) is 18.7 Å². The molecule has 0 saturated heterocycles. The van der Waals surface area contributed by atoms with Crippen LogP contribution < -0.4 is 5.32 Å². The quantitative estimate of drug-likeness (QED) is 0.669. The summed E-state index contributed by atoms with van der Waals surface area (Å²) in [6.07, 6.45) is -2.91. The molecule has 1 N–H and O–H groups in total. The Bertz CT molecular complexity index is 732. The van der Waals surface area contributed by atoms with Crippen LogP contribution in [0.3, 0.4) is 0 Å². The summed E-state index contributed by atoms with van der Waals surface area (Å²) in [5.74, 6) is 0.0886. The number of nitrogens with one attached hydrogen (secondary N) is 1. The first-order valence-electron chi connectivity index (χ1n) is 9.18. The molecule has 1 atom stereocenters. The van der Waals surface area contributed by atoms with Gasteiger partial charge >= 0.3 is 6.18 Å². The molecule has 1 aromatic carbocycles. The van der Waals surface area contributed by atoms with Gasteiger partial charge < -0.3 is 9.73 Å². The molecule has 2 rings (SSSR count). The SMILES string of the molecule is CCCN(Cc1nc(C(F)(F)F)co1)CC(C)Nc1c(C)cc(C)cc1C. The molecule has 4 nitrogen and oxygen atoms in total. The van der Waals surface area contributed by atoms with Crippen LogP contribution in [0.4, 0.5) is 18.9 Å². The van der Waals surface area contributed by atoms with Gasteiger partial charge in [0, 0.05) is 18.3 Å². The van der Waals surface area contributed by atoms with Crippen molar-refractivity contribution < 1.29 is 17.6 Å². The van der Waals surface area contributed by atoms with Gasteiger partial charge in [-0.2, -0.15) is 13.2 Å². The van der Waals surface area contributed by atoms with Crippen LogP contribution in [0.1, 0.15) is 48.5 Å². The third-order valence-corrected chi connectivity index (χ3v) is 4.34. The van der Waals surface area contributed by atoms with Crippen LogP contribution in [-0.2, 0) is 12.7 Å². The lowest BCUT2D eigenvalue weighted by molar-refractivity contribution is -0.141. The second-order valence-electron chi connectivity index (χ2n) is 7.18. The first-order chi connectivity index (χ1) is 12.6. The van der Waals surface area contributed by atoms with E-state index >= 15 is 0 Å². The molecule has 2 aromatic rings. The second kappa shape index (κ2) is 8.78. The van der Waals surface area contributed by atoms with Crippen molar-refractivity contribution in [2.75, 3.05) is 18.4 Å². The molecule has 0 fully saturated rings. The average molecular weight is 383 g/mol. The number of benzene rings is 1. The Morgan fingerprint density at radius 2 is 1.81 bits per heavy atom.